The molecule has 1 N–H and O–H groups in total. The van der Waals surface area contributed by atoms with Gasteiger partial charge in [-0.1, -0.05) is 39.7 Å². The average Bonchev–Trinajstić information content (AvgIpc) is 2.70. The zero-order chi connectivity index (χ0) is 20.9. The molecule has 0 amide bonds. The topological polar surface area (TPSA) is 67.8 Å². The molecule has 3 aromatic carbocycles. The highest BCUT2D eigenvalue weighted by atomic mass is 79.9. The second-order valence-electron chi connectivity index (χ2n) is 5.91. The molecule has 3 rings (SSSR count). The lowest BCUT2D eigenvalue weighted by atomic mass is 10.2. The van der Waals surface area contributed by atoms with Crippen LogP contribution in [0.4, 0.5) is 4.39 Å². The lowest BCUT2D eigenvalue weighted by Gasteiger charge is -2.08. The van der Waals surface area contributed by atoms with Gasteiger partial charge in [0, 0.05) is 15.1 Å². The number of halogens is 3. The fraction of sp³-hybridized carbons (Fsp3) is 0.0500. The molecule has 150 valence electrons. The first-order valence-corrected chi connectivity index (χ1v) is 11.0. The van der Waals surface area contributed by atoms with Gasteiger partial charge < -0.3 is 4.74 Å². The van der Waals surface area contributed by atoms with Crippen molar-refractivity contribution in [1.82, 2.24) is 4.83 Å². The molecule has 29 heavy (non-hydrogen) atoms. The summed E-state index contributed by atoms with van der Waals surface area (Å²) in [6.07, 6.45) is 1.36. The summed E-state index contributed by atoms with van der Waals surface area (Å²) < 4.78 is 43.8. The van der Waals surface area contributed by atoms with Gasteiger partial charge in [-0.3, -0.25) is 0 Å². The number of hydrazone groups is 1. The highest BCUT2D eigenvalue weighted by Crippen LogP contribution is 2.22. The first-order valence-electron chi connectivity index (χ1n) is 8.31. The Bertz CT molecular complexity index is 1120. The zero-order valence-corrected chi connectivity index (χ0v) is 18.0. The lowest BCUT2D eigenvalue weighted by Crippen LogP contribution is -2.18. The molecular weight excluding hydrogens is 483 g/mol. The van der Waals surface area contributed by atoms with Crippen LogP contribution in [0.5, 0.6) is 5.75 Å². The molecule has 0 saturated carbocycles. The zero-order valence-electron chi connectivity index (χ0n) is 14.8. The van der Waals surface area contributed by atoms with Crippen LogP contribution in [0.15, 0.2) is 81.2 Å². The molecule has 0 aliphatic rings. The number of ether oxygens (including phenoxy) is 1. The van der Waals surface area contributed by atoms with Crippen molar-refractivity contribution in [2.45, 2.75) is 11.5 Å². The fourth-order valence-corrected chi connectivity index (χ4v) is 3.56. The molecule has 0 atom stereocenters. The van der Waals surface area contributed by atoms with E-state index in [0.29, 0.717) is 20.8 Å². The van der Waals surface area contributed by atoms with Crippen LogP contribution in [0.2, 0.25) is 5.02 Å². The van der Waals surface area contributed by atoms with Gasteiger partial charge in [-0.15, -0.1) is 0 Å². The third kappa shape index (κ3) is 6.03. The normalized spacial score (nSPS) is 11.6. The van der Waals surface area contributed by atoms with E-state index in [9.17, 15) is 12.8 Å². The van der Waals surface area contributed by atoms with E-state index in [0.717, 1.165) is 5.56 Å². The number of nitrogens with zero attached hydrogens (tertiary/aromatic N) is 1. The highest BCUT2D eigenvalue weighted by molar-refractivity contribution is 9.10. The number of benzene rings is 3. The van der Waals surface area contributed by atoms with Crippen LogP contribution in [0, 0.1) is 5.82 Å². The Hall–Kier alpha value is -2.42. The second-order valence-corrected chi connectivity index (χ2v) is 8.86. The molecule has 0 bridgehead atoms. The maximum Gasteiger partial charge on any atom is 0.276 e. The van der Waals surface area contributed by atoms with Gasteiger partial charge in [-0.2, -0.15) is 13.5 Å². The van der Waals surface area contributed by atoms with E-state index < -0.39 is 10.0 Å². The van der Waals surface area contributed by atoms with Crippen molar-refractivity contribution in [3.8, 4) is 5.75 Å². The van der Waals surface area contributed by atoms with Gasteiger partial charge in [0.05, 0.1) is 11.1 Å². The predicted molar refractivity (Wildman–Crippen MR) is 114 cm³/mol. The smallest absolute Gasteiger partial charge is 0.276 e. The summed E-state index contributed by atoms with van der Waals surface area (Å²) in [5.74, 6) is 0.247. The van der Waals surface area contributed by atoms with E-state index in [4.69, 9.17) is 16.3 Å². The van der Waals surface area contributed by atoms with Crippen LogP contribution in [-0.2, 0) is 16.6 Å². The van der Waals surface area contributed by atoms with Crippen molar-refractivity contribution in [1.29, 1.82) is 0 Å². The first-order chi connectivity index (χ1) is 13.8. The minimum Gasteiger partial charge on any atom is -0.489 e. The lowest BCUT2D eigenvalue weighted by molar-refractivity contribution is 0.306. The van der Waals surface area contributed by atoms with Gasteiger partial charge in [-0.25, -0.2) is 9.22 Å². The monoisotopic (exact) mass is 496 g/mol. The first kappa shape index (κ1) is 21.3. The van der Waals surface area contributed by atoms with Crippen LogP contribution in [-0.4, -0.2) is 14.6 Å². The Morgan fingerprint density at radius 3 is 2.45 bits per heavy atom. The third-order valence-electron chi connectivity index (χ3n) is 3.79. The van der Waals surface area contributed by atoms with Crippen LogP contribution in [0.1, 0.15) is 11.1 Å². The molecule has 0 aliphatic carbocycles. The van der Waals surface area contributed by atoms with Crippen molar-refractivity contribution in [3.05, 3.63) is 93.2 Å². The molecule has 0 fully saturated rings. The molecule has 3 aromatic rings. The summed E-state index contributed by atoms with van der Waals surface area (Å²) in [6, 6.07) is 17.0. The van der Waals surface area contributed by atoms with Crippen molar-refractivity contribution < 1.29 is 17.5 Å². The minimum atomic E-state index is -3.80. The van der Waals surface area contributed by atoms with Crippen molar-refractivity contribution in [3.63, 3.8) is 0 Å². The van der Waals surface area contributed by atoms with Gasteiger partial charge in [0.1, 0.15) is 18.2 Å². The Morgan fingerprint density at radius 1 is 1.07 bits per heavy atom. The molecule has 0 radical (unpaired) electrons. The van der Waals surface area contributed by atoms with Gasteiger partial charge in [0.2, 0.25) is 0 Å². The summed E-state index contributed by atoms with van der Waals surface area (Å²) in [6.45, 7) is 0.266. The maximum absolute atomic E-state index is 13.0. The molecule has 0 spiro atoms. The summed E-state index contributed by atoms with van der Waals surface area (Å²) >= 11 is 9.16. The molecule has 0 aromatic heterocycles. The molecule has 0 heterocycles. The Labute approximate surface area is 181 Å². The molecule has 0 unspecified atom stereocenters. The van der Waals surface area contributed by atoms with Gasteiger partial charge in [0.25, 0.3) is 10.0 Å². The van der Waals surface area contributed by atoms with E-state index in [1.807, 2.05) is 0 Å². The van der Waals surface area contributed by atoms with Crippen molar-refractivity contribution >= 4 is 43.8 Å². The highest BCUT2D eigenvalue weighted by Gasteiger charge is 2.12. The van der Waals surface area contributed by atoms with Crippen LogP contribution < -0.4 is 9.57 Å². The summed E-state index contributed by atoms with van der Waals surface area (Å²) in [5, 5.41) is 4.26. The number of rotatable bonds is 7. The number of sulfonamides is 1. The van der Waals surface area contributed by atoms with E-state index in [1.165, 1.54) is 42.6 Å². The predicted octanol–water partition coefficient (Wildman–Crippen LogP) is 5.13. The van der Waals surface area contributed by atoms with E-state index >= 15 is 0 Å². The quantitative estimate of drug-likeness (QED) is 0.363. The van der Waals surface area contributed by atoms with Gasteiger partial charge in [-0.05, 0) is 60.2 Å². The summed E-state index contributed by atoms with van der Waals surface area (Å²) in [5.41, 5.74) is 1.43. The Morgan fingerprint density at radius 2 is 1.76 bits per heavy atom. The Kier molecular flexibility index (Phi) is 6.89. The van der Waals surface area contributed by atoms with Crippen LogP contribution in [0.3, 0.4) is 0 Å². The maximum atomic E-state index is 13.0. The van der Waals surface area contributed by atoms with Crippen LogP contribution >= 0.6 is 27.5 Å². The minimum absolute atomic E-state index is 0.0505. The summed E-state index contributed by atoms with van der Waals surface area (Å²) in [4.78, 5) is 2.20. The molecule has 9 heteroatoms. The fourth-order valence-electron chi connectivity index (χ4n) is 2.29. The molecule has 0 saturated heterocycles. The van der Waals surface area contributed by atoms with E-state index in [1.54, 1.807) is 30.3 Å². The number of hydrogen-bond donors (Lipinski definition) is 1. The van der Waals surface area contributed by atoms with E-state index in [-0.39, 0.29) is 17.3 Å². The second kappa shape index (κ2) is 9.39. The molecular formula is C20H15BrClFN2O3S. The molecule has 5 nitrogen and oxygen atoms in total. The van der Waals surface area contributed by atoms with E-state index in [2.05, 4.69) is 25.9 Å². The van der Waals surface area contributed by atoms with Crippen molar-refractivity contribution in [2.24, 2.45) is 5.10 Å². The standard InChI is InChI=1S/C20H15BrClFN2O3S/c21-20-10-7-18(28-13-14-1-5-17(23)6-2-14)11-15(20)12-24-25-29(26,27)19-8-3-16(22)4-9-19/h1-12,25H,13H2. The van der Waals surface area contributed by atoms with Gasteiger partial charge >= 0.3 is 0 Å². The van der Waals surface area contributed by atoms with Crippen LogP contribution in [0.25, 0.3) is 0 Å². The largest absolute Gasteiger partial charge is 0.489 e. The third-order valence-corrected chi connectivity index (χ3v) is 6.00. The number of hydrogen-bond acceptors (Lipinski definition) is 4. The molecule has 0 aliphatic heterocycles. The van der Waals surface area contributed by atoms with Gasteiger partial charge in [0.15, 0.2) is 0 Å². The number of nitrogens with one attached hydrogen (secondary N) is 1. The van der Waals surface area contributed by atoms with Crippen molar-refractivity contribution in [2.75, 3.05) is 0 Å². The Balaban J connectivity index is 1.67. The average molecular weight is 498 g/mol. The summed E-state index contributed by atoms with van der Waals surface area (Å²) in [7, 11) is -3.80. The SMILES string of the molecule is O=S(=O)(NN=Cc1cc(OCc2ccc(F)cc2)ccc1Br)c1ccc(Cl)cc1.